The molecular weight excluding hydrogens is 206 g/mol. The maximum absolute atomic E-state index is 11.7. The second-order valence-electron chi connectivity index (χ2n) is 3.57. The Kier molecular flexibility index (Phi) is 2.48. The molecule has 0 spiro atoms. The number of hydrogen-bond donors (Lipinski definition) is 1. The molecule has 0 amide bonds. The molecule has 0 fully saturated rings. The monoisotopic (exact) mass is 217 g/mol. The number of H-pyrrole nitrogens is 1. The van der Waals surface area contributed by atoms with E-state index >= 15 is 0 Å². The van der Waals surface area contributed by atoms with E-state index in [2.05, 4.69) is 9.72 Å². The average molecular weight is 217 g/mol. The molecule has 1 heterocycles. The molecule has 0 aliphatic rings. The SMILES string of the molecule is COC(=O)C(=O)c1c[nH]c2ccc(C)cc12. The van der Waals surface area contributed by atoms with Crippen LogP contribution in [0.15, 0.2) is 24.4 Å². The molecule has 0 bridgehead atoms. The number of methoxy groups -OCH3 is 1. The number of carbonyl (C=O) groups is 2. The van der Waals surface area contributed by atoms with E-state index in [0.29, 0.717) is 5.56 Å². The van der Waals surface area contributed by atoms with Crippen LogP contribution in [0.3, 0.4) is 0 Å². The largest absolute Gasteiger partial charge is 0.463 e. The van der Waals surface area contributed by atoms with Crippen LogP contribution in [0.25, 0.3) is 10.9 Å². The van der Waals surface area contributed by atoms with Gasteiger partial charge in [0.15, 0.2) is 0 Å². The second-order valence-corrected chi connectivity index (χ2v) is 3.57. The molecule has 1 aromatic carbocycles. The van der Waals surface area contributed by atoms with Crippen molar-refractivity contribution in [2.45, 2.75) is 6.92 Å². The minimum Gasteiger partial charge on any atom is -0.463 e. The van der Waals surface area contributed by atoms with Crippen molar-refractivity contribution < 1.29 is 14.3 Å². The Hall–Kier alpha value is -2.10. The van der Waals surface area contributed by atoms with Crippen LogP contribution in [-0.2, 0) is 9.53 Å². The number of carbonyl (C=O) groups excluding carboxylic acids is 2. The van der Waals surface area contributed by atoms with E-state index < -0.39 is 11.8 Å². The summed E-state index contributed by atoms with van der Waals surface area (Å²) in [4.78, 5) is 25.8. The molecule has 0 aliphatic carbocycles. The van der Waals surface area contributed by atoms with Gasteiger partial charge in [-0.25, -0.2) is 4.79 Å². The number of fused-ring (bicyclic) bond motifs is 1. The Morgan fingerprint density at radius 2 is 2.06 bits per heavy atom. The van der Waals surface area contributed by atoms with Crippen LogP contribution in [0, 0.1) is 6.92 Å². The van der Waals surface area contributed by atoms with Gasteiger partial charge in [-0.05, 0) is 19.1 Å². The van der Waals surface area contributed by atoms with Gasteiger partial charge in [-0.2, -0.15) is 0 Å². The summed E-state index contributed by atoms with van der Waals surface area (Å²) < 4.78 is 4.41. The van der Waals surface area contributed by atoms with Crippen molar-refractivity contribution in [2.75, 3.05) is 7.11 Å². The summed E-state index contributed by atoms with van der Waals surface area (Å²) >= 11 is 0. The van der Waals surface area contributed by atoms with Crippen LogP contribution < -0.4 is 0 Å². The zero-order chi connectivity index (χ0) is 11.7. The van der Waals surface area contributed by atoms with Crippen LogP contribution in [0.5, 0.6) is 0 Å². The molecule has 0 saturated carbocycles. The number of aromatic nitrogens is 1. The van der Waals surface area contributed by atoms with Crippen LogP contribution in [0.1, 0.15) is 15.9 Å². The van der Waals surface area contributed by atoms with Crippen molar-refractivity contribution in [3.8, 4) is 0 Å². The highest BCUT2D eigenvalue weighted by atomic mass is 16.5. The van der Waals surface area contributed by atoms with Crippen molar-refractivity contribution in [1.29, 1.82) is 0 Å². The summed E-state index contributed by atoms with van der Waals surface area (Å²) in [6.07, 6.45) is 1.53. The summed E-state index contributed by atoms with van der Waals surface area (Å²) in [6, 6.07) is 5.67. The van der Waals surface area contributed by atoms with E-state index in [9.17, 15) is 9.59 Å². The number of benzene rings is 1. The number of ether oxygens (including phenoxy) is 1. The van der Waals surface area contributed by atoms with Crippen LogP contribution in [0.2, 0.25) is 0 Å². The fraction of sp³-hybridized carbons (Fsp3) is 0.167. The van der Waals surface area contributed by atoms with Gasteiger partial charge in [-0.15, -0.1) is 0 Å². The Labute approximate surface area is 92.2 Å². The molecule has 82 valence electrons. The maximum atomic E-state index is 11.7. The van der Waals surface area contributed by atoms with Gasteiger partial charge in [0.1, 0.15) is 0 Å². The molecule has 0 radical (unpaired) electrons. The van der Waals surface area contributed by atoms with Crippen molar-refractivity contribution in [1.82, 2.24) is 4.98 Å². The first kappa shape index (κ1) is 10.4. The summed E-state index contributed by atoms with van der Waals surface area (Å²) in [5.41, 5.74) is 2.22. The quantitative estimate of drug-likeness (QED) is 0.474. The number of esters is 1. The normalized spacial score (nSPS) is 10.4. The third-order valence-electron chi connectivity index (χ3n) is 2.45. The standard InChI is InChI=1S/C12H11NO3/c1-7-3-4-10-8(5-7)9(6-13-10)11(14)12(15)16-2/h3-6,13H,1-2H3. The summed E-state index contributed by atoms with van der Waals surface area (Å²) in [7, 11) is 1.19. The van der Waals surface area contributed by atoms with Crippen molar-refractivity contribution in [3.63, 3.8) is 0 Å². The molecule has 1 N–H and O–H groups in total. The van der Waals surface area contributed by atoms with E-state index in [1.165, 1.54) is 13.3 Å². The Morgan fingerprint density at radius 1 is 1.31 bits per heavy atom. The summed E-state index contributed by atoms with van der Waals surface area (Å²) in [5, 5.41) is 0.746. The first-order valence-electron chi connectivity index (χ1n) is 4.84. The number of aryl methyl sites for hydroxylation is 1. The molecule has 0 unspecified atom stereocenters. The van der Waals surface area contributed by atoms with E-state index in [1.807, 2.05) is 25.1 Å². The number of rotatable bonds is 2. The number of aromatic amines is 1. The average Bonchev–Trinajstić information content (AvgIpc) is 2.69. The number of hydrogen-bond acceptors (Lipinski definition) is 3. The van der Waals surface area contributed by atoms with Gasteiger partial charge in [-0.1, -0.05) is 11.6 Å². The molecule has 0 saturated heterocycles. The molecule has 4 nitrogen and oxygen atoms in total. The molecule has 1 aromatic heterocycles. The van der Waals surface area contributed by atoms with E-state index in [4.69, 9.17) is 0 Å². The molecule has 0 atom stereocenters. The number of Topliss-reactive ketones (excluding diaryl/α,β-unsaturated/α-hetero) is 1. The second kappa shape index (κ2) is 3.81. The lowest BCUT2D eigenvalue weighted by Crippen LogP contribution is -2.15. The van der Waals surface area contributed by atoms with Gasteiger partial charge in [0.05, 0.1) is 12.7 Å². The van der Waals surface area contributed by atoms with E-state index in [1.54, 1.807) is 0 Å². The lowest BCUT2D eigenvalue weighted by Gasteiger charge is -1.98. The molecule has 2 aromatic rings. The van der Waals surface area contributed by atoms with Gasteiger partial charge in [-0.3, -0.25) is 4.79 Å². The fourth-order valence-electron chi connectivity index (χ4n) is 1.62. The summed E-state index contributed by atoms with van der Waals surface area (Å²) in [6.45, 7) is 1.93. The number of nitrogens with one attached hydrogen (secondary N) is 1. The van der Waals surface area contributed by atoms with Gasteiger partial charge in [0.2, 0.25) is 0 Å². The molecule has 4 heteroatoms. The zero-order valence-corrected chi connectivity index (χ0v) is 9.03. The van der Waals surface area contributed by atoms with Crippen molar-refractivity contribution in [3.05, 3.63) is 35.5 Å². The fourth-order valence-corrected chi connectivity index (χ4v) is 1.62. The highest BCUT2D eigenvalue weighted by Crippen LogP contribution is 2.20. The molecule has 16 heavy (non-hydrogen) atoms. The first-order chi connectivity index (χ1) is 7.63. The lowest BCUT2D eigenvalue weighted by molar-refractivity contribution is -0.135. The Balaban J connectivity index is 2.57. The van der Waals surface area contributed by atoms with Crippen molar-refractivity contribution >= 4 is 22.7 Å². The predicted molar refractivity (Wildman–Crippen MR) is 59.4 cm³/mol. The zero-order valence-electron chi connectivity index (χ0n) is 9.03. The maximum Gasteiger partial charge on any atom is 0.379 e. The third kappa shape index (κ3) is 1.58. The number of ketones is 1. The van der Waals surface area contributed by atoms with Crippen LogP contribution >= 0.6 is 0 Å². The highest BCUT2D eigenvalue weighted by molar-refractivity contribution is 6.42. The van der Waals surface area contributed by atoms with Gasteiger partial charge < -0.3 is 9.72 Å². The van der Waals surface area contributed by atoms with E-state index in [0.717, 1.165) is 16.5 Å². The lowest BCUT2D eigenvalue weighted by atomic mass is 10.1. The highest BCUT2D eigenvalue weighted by Gasteiger charge is 2.20. The van der Waals surface area contributed by atoms with Gasteiger partial charge in [0, 0.05) is 17.1 Å². The molecular formula is C12H11NO3. The van der Waals surface area contributed by atoms with Crippen LogP contribution in [0.4, 0.5) is 0 Å². The van der Waals surface area contributed by atoms with E-state index in [-0.39, 0.29) is 0 Å². The van der Waals surface area contributed by atoms with Crippen LogP contribution in [-0.4, -0.2) is 23.8 Å². The Morgan fingerprint density at radius 3 is 2.75 bits per heavy atom. The third-order valence-corrected chi connectivity index (χ3v) is 2.45. The minimum atomic E-state index is -0.845. The molecule has 0 aliphatic heterocycles. The first-order valence-corrected chi connectivity index (χ1v) is 4.84. The Bertz CT molecular complexity index is 569. The molecule has 2 rings (SSSR count). The summed E-state index contributed by atoms with van der Waals surface area (Å²) in [5.74, 6) is -1.47. The van der Waals surface area contributed by atoms with Gasteiger partial charge in [0.25, 0.3) is 5.78 Å². The van der Waals surface area contributed by atoms with Gasteiger partial charge >= 0.3 is 5.97 Å². The predicted octanol–water partition coefficient (Wildman–Crippen LogP) is 1.83. The topological polar surface area (TPSA) is 59.2 Å². The van der Waals surface area contributed by atoms with Crippen molar-refractivity contribution in [2.24, 2.45) is 0 Å². The minimum absolute atomic E-state index is 0.352. The smallest absolute Gasteiger partial charge is 0.379 e.